The van der Waals surface area contributed by atoms with Crippen LogP contribution in [0.1, 0.15) is 116 Å². The van der Waals surface area contributed by atoms with E-state index >= 15 is 0 Å². The molecule has 12 heteroatoms. The van der Waals surface area contributed by atoms with Crippen LogP contribution in [0, 0.1) is 17.8 Å². The molecule has 0 saturated heterocycles. The summed E-state index contributed by atoms with van der Waals surface area (Å²) in [7, 11) is 0. The van der Waals surface area contributed by atoms with Gasteiger partial charge in [0.15, 0.2) is 0 Å². The molecule has 12 nitrogen and oxygen atoms in total. The second kappa shape index (κ2) is 14.1. The number of aromatic nitrogens is 3. The molecule has 3 fully saturated rings. The predicted molar refractivity (Wildman–Crippen MR) is 155 cm³/mol. The van der Waals surface area contributed by atoms with Crippen LogP contribution in [-0.2, 0) is 14.4 Å². The first-order valence-corrected chi connectivity index (χ1v) is 15.5. The van der Waals surface area contributed by atoms with Crippen LogP contribution in [0.2, 0.25) is 0 Å². The quantitative estimate of drug-likeness (QED) is 0.320. The van der Waals surface area contributed by atoms with E-state index in [1.165, 1.54) is 13.7 Å². The van der Waals surface area contributed by atoms with Gasteiger partial charge in [0.05, 0.1) is 18.1 Å². The van der Waals surface area contributed by atoms with Gasteiger partial charge in [-0.3, -0.25) is 0 Å². The maximum atomic E-state index is 14.3. The van der Waals surface area contributed by atoms with Gasteiger partial charge in [0.25, 0.3) is 0 Å². The van der Waals surface area contributed by atoms with E-state index < -0.39 is 35.2 Å². The van der Waals surface area contributed by atoms with Crippen LogP contribution in [0.5, 0.6) is 0 Å². The van der Waals surface area contributed by atoms with Gasteiger partial charge in [-0.25, -0.2) is 57.4 Å². The van der Waals surface area contributed by atoms with Gasteiger partial charge in [0, 0.05) is 35.9 Å². The van der Waals surface area contributed by atoms with Gasteiger partial charge in [-0.15, -0.1) is 0 Å². The van der Waals surface area contributed by atoms with Crippen molar-refractivity contribution in [1.29, 1.82) is 0 Å². The molecule has 0 N–H and O–H groups in total. The van der Waals surface area contributed by atoms with Crippen molar-refractivity contribution in [1.82, 2.24) is 13.7 Å². The second-order valence-electron chi connectivity index (χ2n) is 12.4. The smallest absolute Gasteiger partial charge is 0.247 e. The lowest BCUT2D eigenvalue weighted by Crippen LogP contribution is -2.59. The summed E-state index contributed by atoms with van der Waals surface area (Å²) in [5, 5.41) is 0. The number of aliphatic imine (C=N–C) groups is 3. The van der Waals surface area contributed by atoms with Crippen molar-refractivity contribution >= 4 is 18.2 Å². The SMILES string of the molecule is CC(C1CCCCC1N=C=O)n1c(=O)n(C(C)C2CCCCC2N=C=O)c(=O)n(C(C)C2CCCCC2N=C=O)c1=O. The van der Waals surface area contributed by atoms with Gasteiger partial charge in [0.1, 0.15) is 0 Å². The van der Waals surface area contributed by atoms with Gasteiger partial charge in [-0.05, 0) is 59.3 Å². The maximum absolute atomic E-state index is 14.3. The Bertz CT molecular complexity index is 1240. The van der Waals surface area contributed by atoms with E-state index in [-0.39, 0.29) is 35.9 Å². The normalized spacial score (nSPS) is 30.1. The molecular formula is C30H42N6O6. The summed E-state index contributed by atoms with van der Waals surface area (Å²) >= 11 is 0. The fourth-order valence-electron chi connectivity index (χ4n) is 8.01. The lowest BCUT2D eigenvalue weighted by Gasteiger charge is -2.37. The van der Waals surface area contributed by atoms with Crippen LogP contribution in [0.25, 0.3) is 0 Å². The summed E-state index contributed by atoms with van der Waals surface area (Å²) in [6.07, 6.45) is 14.2. The Kier molecular flexibility index (Phi) is 10.6. The lowest BCUT2D eigenvalue weighted by molar-refractivity contribution is 0.173. The minimum atomic E-state index is -0.710. The third-order valence-corrected chi connectivity index (χ3v) is 10.3. The lowest BCUT2D eigenvalue weighted by atomic mass is 9.80. The summed E-state index contributed by atoms with van der Waals surface area (Å²) in [5.74, 6) is -0.792. The number of carbonyl (C=O) groups excluding carboxylic acids is 3. The molecule has 1 aromatic rings. The zero-order chi connectivity index (χ0) is 30.4. The van der Waals surface area contributed by atoms with E-state index in [4.69, 9.17) is 0 Å². The van der Waals surface area contributed by atoms with Crippen molar-refractivity contribution in [2.45, 2.75) is 134 Å². The molecule has 228 valence electrons. The minimum Gasteiger partial charge on any atom is -0.247 e. The molecule has 9 unspecified atom stereocenters. The second-order valence-corrected chi connectivity index (χ2v) is 12.4. The molecule has 0 aliphatic heterocycles. The van der Waals surface area contributed by atoms with E-state index in [2.05, 4.69) is 15.0 Å². The molecule has 1 heterocycles. The van der Waals surface area contributed by atoms with Crippen molar-refractivity contribution in [3.05, 3.63) is 31.5 Å². The Morgan fingerprint density at radius 3 is 0.976 bits per heavy atom. The van der Waals surface area contributed by atoms with E-state index in [0.717, 1.165) is 38.5 Å². The van der Waals surface area contributed by atoms with Crippen molar-refractivity contribution in [2.24, 2.45) is 32.7 Å². The summed E-state index contributed by atoms with van der Waals surface area (Å²) in [4.78, 5) is 88.5. The summed E-state index contributed by atoms with van der Waals surface area (Å²) in [6.45, 7) is 5.34. The van der Waals surface area contributed by atoms with E-state index in [0.29, 0.717) is 38.5 Å². The minimum absolute atomic E-state index is 0.264. The molecule has 0 radical (unpaired) electrons. The molecule has 9 atom stereocenters. The first kappa shape index (κ1) is 31.5. The van der Waals surface area contributed by atoms with Gasteiger partial charge >= 0.3 is 17.1 Å². The van der Waals surface area contributed by atoms with Gasteiger partial charge in [0.2, 0.25) is 18.2 Å². The third kappa shape index (κ3) is 6.17. The fraction of sp³-hybridized carbons (Fsp3) is 0.800. The van der Waals surface area contributed by atoms with E-state index in [1.54, 1.807) is 39.0 Å². The largest absolute Gasteiger partial charge is 0.336 e. The average Bonchev–Trinajstić information content (AvgIpc) is 2.98. The Morgan fingerprint density at radius 1 is 0.500 bits per heavy atom. The highest BCUT2D eigenvalue weighted by Crippen LogP contribution is 2.37. The van der Waals surface area contributed by atoms with Crippen molar-refractivity contribution < 1.29 is 14.4 Å². The molecule has 1 aromatic heterocycles. The van der Waals surface area contributed by atoms with Crippen molar-refractivity contribution in [3.8, 4) is 0 Å². The summed E-state index contributed by atoms with van der Waals surface area (Å²) in [6, 6.07) is -3.07. The zero-order valence-electron chi connectivity index (χ0n) is 24.8. The molecule has 0 amide bonds. The first-order valence-electron chi connectivity index (χ1n) is 15.5. The molecule has 4 rings (SSSR count). The van der Waals surface area contributed by atoms with Gasteiger partial charge in [-0.1, -0.05) is 38.5 Å². The van der Waals surface area contributed by atoms with Crippen LogP contribution in [0.15, 0.2) is 29.4 Å². The molecule has 0 bridgehead atoms. The van der Waals surface area contributed by atoms with E-state index in [1.807, 2.05) is 0 Å². The highest BCUT2D eigenvalue weighted by atomic mass is 16.2. The Morgan fingerprint density at radius 2 is 0.738 bits per heavy atom. The van der Waals surface area contributed by atoms with Crippen LogP contribution < -0.4 is 17.1 Å². The topological polar surface area (TPSA) is 154 Å². The van der Waals surface area contributed by atoms with Gasteiger partial charge in [-0.2, -0.15) is 0 Å². The number of hydrogen-bond acceptors (Lipinski definition) is 9. The van der Waals surface area contributed by atoms with E-state index in [9.17, 15) is 28.8 Å². The molecule has 42 heavy (non-hydrogen) atoms. The maximum Gasteiger partial charge on any atom is 0.336 e. The van der Waals surface area contributed by atoms with Crippen LogP contribution in [0.3, 0.4) is 0 Å². The standard InChI is InChI=1S/C30H42N6O6/c1-19(22-10-4-7-13-25(22)31-16-37)34-28(40)35(20(2)23-11-5-8-14-26(23)32-17-38)30(42)36(29(34)41)21(3)24-12-6-9-15-27(24)33-18-39/h19-27H,4-15H2,1-3H3. The molecule has 3 aliphatic carbocycles. The highest BCUT2D eigenvalue weighted by molar-refractivity contribution is 5.34. The van der Waals surface area contributed by atoms with Crippen molar-refractivity contribution in [2.75, 3.05) is 0 Å². The fourth-order valence-corrected chi connectivity index (χ4v) is 8.01. The monoisotopic (exact) mass is 582 g/mol. The molecule has 3 saturated carbocycles. The van der Waals surface area contributed by atoms with Crippen LogP contribution >= 0.6 is 0 Å². The Labute approximate surface area is 244 Å². The molecular weight excluding hydrogens is 540 g/mol. The first-order chi connectivity index (χ1) is 20.3. The number of nitrogens with zero attached hydrogens (tertiary/aromatic N) is 6. The Balaban J connectivity index is 1.93. The predicted octanol–water partition coefficient (Wildman–Crippen LogP) is 3.54. The average molecular weight is 583 g/mol. The number of hydrogen-bond donors (Lipinski definition) is 0. The summed E-state index contributed by atoms with van der Waals surface area (Å²) in [5.41, 5.74) is -2.13. The van der Waals surface area contributed by atoms with Crippen LogP contribution in [0.4, 0.5) is 0 Å². The van der Waals surface area contributed by atoms with Crippen molar-refractivity contribution in [3.63, 3.8) is 0 Å². The van der Waals surface area contributed by atoms with Gasteiger partial charge < -0.3 is 0 Å². The highest BCUT2D eigenvalue weighted by Gasteiger charge is 2.39. The number of rotatable bonds is 9. The summed E-state index contributed by atoms with van der Waals surface area (Å²) < 4.78 is 3.50. The molecule has 0 spiro atoms. The molecule has 0 aromatic carbocycles. The molecule has 3 aliphatic rings. The Hall–Kier alpha value is -3.45. The van der Waals surface area contributed by atoms with Crippen LogP contribution in [-0.4, -0.2) is 50.1 Å². The zero-order valence-corrected chi connectivity index (χ0v) is 24.8. The number of isocyanates is 3. The third-order valence-electron chi connectivity index (χ3n) is 10.3.